The van der Waals surface area contributed by atoms with Gasteiger partial charge in [0.2, 0.25) is 5.91 Å². The lowest BCUT2D eigenvalue weighted by molar-refractivity contribution is -0.870. The number of amides is 1. The van der Waals surface area contributed by atoms with Gasteiger partial charge < -0.3 is 19.8 Å². The van der Waals surface area contributed by atoms with Gasteiger partial charge in [-0.15, -0.1) is 0 Å². The lowest BCUT2D eigenvalue weighted by Gasteiger charge is -2.25. The molecular formula is C62H114N2O6P+. The van der Waals surface area contributed by atoms with Crippen molar-refractivity contribution in [2.45, 2.75) is 264 Å². The smallest absolute Gasteiger partial charge is 0.387 e. The lowest BCUT2D eigenvalue weighted by atomic mass is 10.0. The number of carbonyl (C=O) groups excluding carboxylic acids is 1. The normalized spacial score (nSPS) is 14.5. The molecule has 0 aliphatic rings. The number of aliphatic hydroxyl groups is 1. The van der Waals surface area contributed by atoms with Crippen LogP contribution in [0.2, 0.25) is 0 Å². The molecule has 8 nitrogen and oxygen atoms in total. The average Bonchev–Trinajstić information content (AvgIpc) is 3.33. The van der Waals surface area contributed by atoms with Gasteiger partial charge in [0, 0.05) is 6.42 Å². The van der Waals surface area contributed by atoms with E-state index in [1.807, 2.05) is 27.2 Å². The minimum Gasteiger partial charge on any atom is -0.387 e. The Hall–Kier alpha value is -2.32. The van der Waals surface area contributed by atoms with Crippen molar-refractivity contribution in [3.63, 3.8) is 0 Å². The molecule has 0 aromatic heterocycles. The first-order valence-corrected chi connectivity index (χ1v) is 31.0. The van der Waals surface area contributed by atoms with Crippen LogP contribution in [0.4, 0.5) is 0 Å². The third kappa shape index (κ3) is 55.3. The average molecular weight is 1010 g/mol. The molecular weight excluding hydrogens is 900 g/mol. The number of carbonyl (C=O) groups is 1. The van der Waals surface area contributed by atoms with Gasteiger partial charge in [0.05, 0.1) is 39.9 Å². The van der Waals surface area contributed by atoms with Crippen molar-refractivity contribution >= 4 is 13.7 Å². The van der Waals surface area contributed by atoms with E-state index in [2.05, 4.69) is 92.1 Å². The van der Waals surface area contributed by atoms with Crippen LogP contribution in [0, 0.1) is 0 Å². The number of hydrogen-bond acceptors (Lipinski definition) is 5. The molecule has 9 heteroatoms. The van der Waals surface area contributed by atoms with Gasteiger partial charge in [-0.2, -0.15) is 0 Å². The number of quaternary nitrogens is 1. The molecule has 0 saturated heterocycles. The number of unbranched alkanes of at least 4 members (excludes halogenated alkanes) is 28. The van der Waals surface area contributed by atoms with E-state index in [4.69, 9.17) is 9.05 Å². The van der Waals surface area contributed by atoms with Crippen LogP contribution in [-0.2, 0) is 18.4 Å². The molecule has 412 valence electrons. The molecule has 3 N–H and O–H groups in total. The quantitative estimate of drug-likeness (QED) is 0.0243. The molecule has 0 aliphatic heterocycles. The molecule has 0 spiro atoms. The van der Waals surface area contributed by atoms with E-state index in [1.165, 1.54) is 161 Å². The molecule has 0 aliphatic carbocycles. The SMILES string of the molecule is CC/C=C\C/C=C\C/C=C\C/C=C\C/C=C\CCCCCCCCCCCCCCCCCCCC(=O)NC(COP(=O)(O)OCC[N+](C)(C)C)C(O)/C=C/CC/C=C/CCCCCCCCCCCC. The minimum atomic E-state index is -4.36. The van der Waals surface area contributed by atoms with Crippen molar-refractivity contribution in [1.29, 1.82) is 0 Å². The third-order valence-electron chi connectivity index (χ3n) is 12.8. The summed E-state index contributed by atoms with van der Waals surface area (Å²) in [6.45, 7) is 4.69. The van der Waals surface area contributed by atoms with E-state index >= 15 is 0 Å². The highest BCUT2D eigenvalue weighted by molar-refractivity contribution is 7.47. The van der Waals surface area contributed by atoms with Gasteiger partial charge >= 0.3 is 7.82 Å². The fraction of sp³-hybridized carbons (Fsp3) is 0.758. The number of phosphoric acid groups is 1. The predicted octanol–water partition coefficient (Wildman–Crippen LogP) is 18.0. The van der Waals surface area contributed by atoms with Gasteiger partial charge in [-0.1, -0.05) is 253 Å². The molecule has 0 radical (unpaired) electrons. The number of aliphatic hydroxyl groups excluding tert-OH is 1. The number of phosphoric ester groups is 1. The first kappa shape index (κ1) is 68.7. The summed E-state index contributed by atoms with van der Waals surface area (Å²) in [6.07, 6.45) is 74.1. The van der Waals surface area contributed by atoms with Crippen molar-refractivity contribution in [3.8, 4) is 0 Å². The molecule has 0 aromatic carbocycles. The van der Waals surface area contributed by atoms with Crippen molar-refractivity contribution in [2.75, 3.05) is 40.9 Å². The van der Waals surface area contributed by atoms with Gasteiger partial charge in [0.15, 0.2) is 0 Å². The highest BCUT2D eigenvalue weighted by Gasteiger charge is 2.27. The van der Waals surface area contributed by atoms with E-state index in [9.17, 15) is 19.4 Å². The standard InChI is InChI=1S/C62H113N2O6P/c1-6-8-10-12-14-16-18-20-22-24-25-26-27-28-29-30-31-32-33-34-35-36-37-38-39-40-42-44-46-48-50-52-54-56-62(66)63-60(59-70-71(67,68)69-58-57-64(3,4)5)61(65)55-53-51-49-47-45-43-41-23-21-19-17-15-13-11-9-7-2/h8,10,14,16,20,22,25-26,28-29,45,47,53,55,60-61,65H,6-7,9,11-13,15,17-19,21,23-24,27,30-44,46,48-52,54,56-59H2,1-5H3,(H-,63,66,67,68)/p+1/b10-8-,16-14-,22-20-,26-25-,29-28-,47-45+,55-53+. The van der Waals surface area contributed by atoms with Crippen molar-refractivity contribution in [3.05, 3.63) is 85.1 Å². The van der Waals surface area contributed by atoms with Crippen LogP contribution in [0.5, 0.6) is 0 Å². The van der Waals surface area contributed by atoms with Crippen molar-refractivity contribution in [1.82, 2.24) is 5.32 Å². The largest absolute Gasteiger partial charge is 0.472 e. The number of allylic oxidation sites excluding steroid dienone is 13. The summed E-state index contributed by atoms with van der Waals surface area (Å²) >= 11 is 0. The minimum absolute atomic E-state index is 0.0543. The van der Waals surface area contributed by atoms with Crippen LogP contribution in [0.3, 0.4) is 0 Å². The summed E-state index contributed by atoms with van der Waals surface area (Å²) in [6, 6.07) is -0.866. The van der Waals surface area contributed by atoms with Crippen LogP contribution in [0.15, 0.2) is 85.1 Å². The first-order chi connectivity index (χ1) is 34.5. The second kappa shape index (κ2) is 52.5. The Bertz CT molecular complexity index is 1430. The van der Waals surface area contributed by atoms with E-state index in [0.717, 1.165) is 70.6 Å². The number of hydrogen-bond donors (Lipinski definition) is 3. The molecule has 0 saturated carbocycles. The van der Waals surface area contributed by atoms with Crippen LogP contribution < -0.4 is 5.32 Å². The second-order valence-electron chi connectivity index (χ2n) is 21.0. The van der Waals surface area contributed by atoms with Gasteiger partial charge in [0.25, 0.3) is 0 Å². The van der Waals surface area contributed by atoms with Gasteiger partial charge in [-0.25, -0.2) is 4.57 Å². The topological polar surface area (TPSA) is 105 Å². The Labute approximate surface area is 439 Å². The molecule has 0 heterocycles. The lowest BCUT2D eigenvalue weighted by Crippen LogP contribution is -2.45. The Morgan fingerprint density at radius 3 is 1.30 bits per heavy atom. The van der Waals surface area contributed by atoms with Crippen LogP contribution >= 0.6 is 7.82 Å². The summed E-state index contributed by atoms with van der Waals surface area (Å²) in [7, 11) is 1.55. The molecule has 71 heavy (non-hydrogen) atoms. The predicted molar refractivity (Wildman–Crippen MR) is 309 cm³/mol. The van der Waals surface area contributed by atoms with Crippen LogP contribution in [0.25, 0.3) is 0 Å². The summed E-state index contributed by atoms with van der Waals surface area (Å²) in [5.41, 5.74) is 0. The molecule has 3 unspecified atom stereocenters. The first-order valence-electron chi connectivity index (χ1n) is 29.5. The number of nitrogens with zero attached hydrogens (tertiary/aromatic N) is 1. The summed E-state index contributed by atoms with van der Waals surface area (Å²) in [5.74, 6) is -0.187. The third-order valence-corrected chi connectivity index (χ3v) is 13.8. The molecule has 0 rings (SSSR count). The summed E-state index contributed by atoms with van der Waals surface area (Å²) in [5, 5.41) is 13.9. The maximum absolute atomic E-state index is 13.0. The van der Waals surface area contributed by atoms with E-state index in [1.54, 1.807) is 6.08 Å². The zero-order valence-electron chi connectivity index (χ0n) is 46.9. The van der Waals surface area contributed by atoms with Crippen molar-refractivity contribution < 1.29 is 32.9 Å². The van der Waals surface area contributed by atoms with Crippen LogP contribution in [-0.4, -0.2) is 73.4 Å². The summed E-state index contributed by atoms with van der Waals surface area (Å²) < 4.78 is 23.7. The van der Waals surface area contributed by atoms with Crippen LogP contribution in [0.1, 0.15) is 251 Å². The number of likely N-dealkylation sites (N-methyl/N-ethyl adjacent to an activating group) is 1. The molecule has 0 bridgehead atoms. The van der Waals surface area contributed by atoms with Gasteiger partial charge in [-0.05, 0) is 77.0 Å². The zero-order valence-corrected chi connectivity index (χ0v) is 47.8. The monoisotopic (exact) mass is 1010 g/mol. The maximum Gasteiger partial charge on any atom is 0.472 e. The highest BCUT2D eigenvalue weighted by atomic mass is 31.2. The number of nitrogens with one attached hydrogen (secondary N) is 1. The Balaban J connectivity index is 4.11. The van der Waals surface area contributed by atoms with Gasteiger partial charge in [0.1, 0.15) is 13.2 Å². The Kier molecular flexibility index (Phi) is 50.8. The highest BCUT2D eigenvalue weighted by Crippen LogP contribution is 2.43. The van der Waals surface area contributed by atoms with E-state index in [-0.39, 0.29) is 19.1 Å². The fourth-order valence-electron chi connectivity index (χ4n) is 8.26. The van der Waals surface area contributed by atoms with E-state index in [0.29, 0.717) is 17.4 Å². The molecule has 0 fully saturated rings. The molecule has 3 atom stereocenters. The molecule has 0 aromatic rings. The Morgan fingerprint density at radius 1 is 0.493 bits per heavy atom. The zero-order chi connectivity index (χ0) is 52.0. The van der Waals surface area contributed by atoms with Gasteiger partial charge in [-0.3, -0.25) is 13.8 Å². The van der Waals surface area contributed by atoms with Crippen molar-refractivity contribution in [2.24, 2.45) is 0 Å². The fourth-order valence-corrected chi connectivity index (χ4v) is 9.00. The van der Waals surface area contributed by atoms with E-state index < -0.39 is 20.0 Å². The number of rotatable bonds is 53. The Morgan fingerprint density at radius 2 is 0.859 bits per heavy atom. The summed E-state index contributed by atoms with van der Waals surface area (Å²) in [4.78, 5) is 23.3. The molecule has 1 amide bonds. The second-order valence-corrected chi connectivity index (χ2v) is 22.4. The maximum atomic E-state index is 13.0.